The fraction of sp³-hybridized carbons (Fsp3) is 0.500. The summed E-state index contributed by atoms with van der Waals surface area (Å²) in [6.07, 6.45) is 5.39. The number of aryl methyl sites for hydroxylation is 1. The largest absolute Gasteiger partial charge is 0.494 e. The summed E-state index contributed by atoms with van der Waals surface area (Å²) in [5.74, 6) is 1.49. The normalized spacial score (nSPS) is 20.4. The Morgan fingerprint density at radius 1 is 1.35 bits per heavy atom. The van der Waals surface area contributed by atoms with Gasteiger partial charge in [-0.15, -0.1) is 0 Å². The molecule has 1 N–H and O–H groups in total. The Labute approximate surface area is 155 Å². The number of likely N-dealkylation sites (tertiary alicyclic amines) is 1. The molecule has 1 fully saturated rings. The van der Waals surface area contributed by atoms with Crippen LogP contribution in [0.5, 0.6) is 5.75 Å². The molecule has 1 aromatic carbocycles. The number of nitrogens with one attached hydrogen (secondary N) is 1. The minimum atomic E-state index is 0.0761. The molecule has 1 aliphatic rings. The van der Waals surface area contributed by atoms with E-state index in [4.69, 9.17) is 4.74 Å². The summed E-state index contributed by atoms with van der Waals surface area (Å²) in [4.78, 5) is 14.1. The lowest BCUT2D eigenvalue weighted by Gasteiger charge is -2.38. The van der Waals surface area contributed by atoms with Gasteiger partial charge in [0.15, 0.2) is 0 Å². The molecule has 1 saturated heterocycles. The van der Waals surface area contributed by atoms with Crippen molar-refractivity contribution in [2.24, 2.45) is 13.0 Å². The molecule has 0 radical (unpaired) electrons. The first-order chi connectivity index (χ1) is 12.6. The number of piperidine rings is 1. The Kier molecular flexibility index (Phi) is 5.93. The van der Waals surface area contributed by atoms with Gasteiger partial charge < -0.3 is 15.0 Å². The summed E-state index contributed by atoms with van der Waals surface area (Å²) in [6, 6.07) is 8.25. The smallest absolute Gasteiger partial charge is 0.222 e. The number of nitrogens with zero attached hydrogens (tertiary/aromatic N) is 3. The number of rotatable bonds is 7. The number of ether oxygens (including phenoxy) is 1. The van der Waals surface area contributed by atoms with Crippen LogP contribution in [0.25, 0.3) is 0 Å². The number of carbonyl (C=O) groups is 1. The van der Waals surface area contributed by atoms with Gasteiger partial charge in [-0.2, -0.15) is 5.10 Å². The van der Waals surface area contributed by atoms with E-state index in [-0.39, 0.29) is 11.9 Å². The summed E-state index contributed by atoms with van der Waals surface area (Å²) in [5.41, 5.74) is 2.31. The number of amides is 1. The van der Waals surface area contributed by atoms with E-state index in [1.807, 2.05) is 50.4 Å². The van der Waals surface area contributed by atoms with Crippen LogP contribution >= 0.6 is 0 Å². The number of benzene rings is 1. The lowest BCUT2D eigenvalue weighted by Crippen LogP contribution is -2.43. The minimum absolute atomic E-state index is 0.0761. The maximum Gasteiger partial charge on any atom is 0.222 e. The molecule has 0 bridgehead atoms. The van der Waals surface area contributed by atoms with Crippen molar-refractivity contribution >= 4 is 5.91 Å². The van der Waals surface area contributed by atoms with Crippen molar-refractivity contribution in [3.8, 4) is 5.75 Å². The van der Waals surface area contributed by atoms with Gasteiger partial charge in [0.05, 0.1) is 18.8 Å². The lowest BCUT2D eigenvalue weighted by atomic mass is 9.85. The number of aromatic nitrogens is 2. The Hall–Kier alpha value is -2.34. The summed E-state index contributed by atoms with van der Waals surface area (Å²) in [7, 11) is 3.81. The highest BCUT2D eigenvalue weighted by atomic mass is 16.5. The molecule has 0 spiro atoms. The van der Waals surface area contributed by atoms with Crippen LogP contribution < -0.4 is 10.1 Å². The molecule has 2 aromatic rings. The Morgan fingerprint density at radius 3 is 2.92 bits per heavy atom. The predicted molar refractivity (Wildman–Crippen MR) is 101 cm³/mol. The van der Waals surface area contributed by atoms with E-state index >= 15 is 0 Å². The summed E-state index contributed by atoms with van der Waals surface area (Å²) < 4.78 is 7.36. The molecule has 6 heteroatoms. The van der Waals surface area contributed by atoms with Crippen LogP contribution in [-0.2, 0) is 18.4 Å². The SMILES string of the molecule is CCOc1cccc(CNC[C@H]2CCC(=O)N(C)[C@@H]2c2cnn(C)c2)c1. The first kappa shape index (κ1) is 18.5. The van der Waals surface area contributed by atoms with E-state index in [0.717, 1.165) is 30.8 Å². The van der Waals surface area contributed by atoms with Gasteiger partial charge in [-0.3, -0.25) is 9.48 Å². The number of carbonyl (C=O) groups excluding carboxylic acids is 1. The van der Waals surface area contributed by atoms with Crippen LogP contribution in [-0.4, -0.2) is 40.8 Å². The molecular formula is C20H28N4O2. The zero-order valence-electron chi connectivity index (χ0n) is 15.8. The van der Waals surface area contributed by atoms with Gasteiger partial charge in [-0.25, -0.2) is 0 Å². The van der Waals surface area contributed by atoms with Crippen molar-refractivity contribution in [2.45, 2.75) is 32.4 Å². The van der Waals surface area contributed by atoms with Crippen LogP contribution in [0.15, 0.2) is 36.7 Å². The van der Waals surface area contributed by atoms with Crippen LogP contribution in [0.1, 0.15) is 36.9 Å². The van der Waals surface area contributed by atoms with Gasteiger partial charge in [0, 0.05) is 45.4 Å². The summed E-state index contributed by atoms with van der Waals surface area (Å²) in [5, 5.41) is 7.85. The van der Waals surface area contributed by atoms with Crippen molar-refractivity contribution in [3.05, 3.63) is 47.8 Å². The Morgan fingerprint density at radius 2 is 2.19 bits per heavy atom. The summed E-state index contributed by atoms with van der Waals surface area (Å²) >= 11 is 0. The molecule has 0 saturated carbocycles. The molecule has 0 unspecified atom stereocenters. The highest BCUT2D eigenvalue weighted by Gasteiger charge is 2.35. The zero-order chi connectivity index (χ0) is 18.5. The zero-order valence-corrected chi connectivity index (χ0v) is 15.8. The average Bonchev–Trinajstić information content (AvgIpc) is 3.05. The molecule has 1 aromatic heterocycles. The van der Waals surface area contributed by atoms with Gasteiger partial charge in [0.25, 0.3) is 0 Å². The van der Waals surface area contributed by atoms with Crippen molar-refractivity contribution in [1.29, 1.82) is 0 Å². The molecule has 3 rings (SSSR count). The molecule has 6 nitrogen and oxygen atoms in total. The van der Waals surface area contributed by atoms with Gasteiger partial charge in [-0.1, -0.05) is 12.1 Å². The predicted octanol–water partition coefficient (Wildman–Crippen LogP) is 2.52. The molecular weight excluding hydrogens is 328 g/mol. The lowest BCUT2D eigenvalue weighted by molar-refractivity contribution is -0.137. The molecule has 0 aliphatic carbocycles. The van der Waals surface area contributed by atoms with Gasteiger partial charge in [0.2, 0.25) is 5.91 Å². The Balaban J connectivity index is 1.63. The van der Waals surface area contributed by atoms with Gasteiger partial charge >= 0.3 is 0 Å². The number of hydrogen-bond acceptors (Lipinski definition) is 4. The molecule has 2 heterocycles. The highest BCUT2D eigenvalue weighted by Crippen LogP contribution is 2.35. The van der Waals surface area contributed by atoms with Gasteiger partial charge in [-0.05, 0) is 37.0 Å². The fourth-order valence-electron chi connectivity index (χ4n) is 3.73. The third-order valence-corrected chi connectivity index (χ3v) is 5.00. The summed E-state index contributed by atoms with van der Waals surface area (Å²) in [6.45, 7) is 4.31. The first-order valence-corrected chi connectivity index (χ1v) is 9.25. The standard InChI is InChI=1S/C20H28N4O2/c1-4-26-18-7-5-6-15(10-18)11-21-12-16-8-9-19(25)24(3)20(16)17-13-22-23(2)14-17/h5-7,10,13-14,16,20-21H,4,8-9,11-12H2,1-3H3/t16-,20+/m1/s1. The second kappa shape index (κ2) is 8.36. The topological polar surface area (TPSA) is 59.4 Å². The van der Waals surface area contributed by atoms with Crippen molar-refractivity contribution in [3.63, 3.8) is 0 Å². The van der Waals surface area contributed by atoms with Crippen molar-refractivity contribution < 1.29 is 9.53 Å². The quantitative estimate of drug-likeness (QED) is 0.828. The van der Waals surface area contributed by atoms with Crippen LogP contribution in [0.4, 0.5) is 0 Å². The third-order valence-electron chi connectivity index (χ3n) is 5.00. The second-order valence-corrected chi connectivity index (χ2v) is 6.91. The third kappa shape index (κ3) is 4.25. The maximum absolute atomic E-state index is 12.2. The number of hydrogen-bond donors (Lipinski definition) is 1. The maximum atomic E-state index is 12.2. The molecule has 140 valence electrons. The van der Waals surface area contributed by atoms with E-state index in [1.165, 1.54) is 5.56 Å². The van der Waals surface area contributed by atoms with Crippen molar-refractivity contribution in [2.75, 3.05) is 20.2 Å². The van der Waals surface area contributed by atoms with Crippen LogP contribution in [0, 0.1) is 5.92 Å². The van der Waals surface area contributed by atoms with Crippen molar-refractivity contribution in [1.82, 2.24) is 20.0 Å². The van der Waals surface area contributed by atoms with Crippen LogP contribution in [0.2, 0.25) is 0 Å². The van der Waals surface area contributed by atoms with E-state index < -0.39 is 0 Å². The monoisotopic (exact) mass is 356 g/mol. The molecule has 1 aliphatic heterocycles. The second-order valence-electron chi connectivity index (χ2n) is 6.91. The van der Waals surface area contributed by atoms with E-state index in [0.29, 0.717) is 18.9 Å². The first-order valence-electron chi connectivity index (χ1n) is 9.25. The van der Waals surface area contributed by atoms with E-state index in [1.54, 1.807) is 4.68 Å². The highest BCUT2D eigenvalue weighted by molar-refractivity contribution is 5.77. The van der Waals surface area contributed by atoms with E-state index in [2.05, 4.69) is 22.5 Å². The van der Waals surface area contributed by atoms with Gasteiger partial charge in [0.1, 0.15) is 5.75 Å². The Bertz CT molecular complexity index is 743. The minimum Gasteiger partial charge on any atom is -0.494 e. The van der Waals surface area contributed by atoms with E-state index in [9.17, 15) is 4.79 Å². The molecule has 2 atom stereocenters. The average molecular weight is 356 g/mol. The molecule has 1 amide bonds. The molecule has 26 heavy (non-hydrogen) atoms. The van der Waals surface area contributed by atoms with Crippen LogP contribution in [0.3, 0.4) is 0 Å². The fourth-order valence-corrected chi connectivity index (χ4v) is 3.73.